The van der Waals surface area contributed by atoms with Gasteiger partial charge in [-0.25, -0.2) is 0 Å². The van der Waals surface area contributed by atoms with Gasteiger partial charge >= 0.3 is 0 Å². The molecule has 0 amide bonds. The average molecular weight is 166 g/mol. The predicted octanol–water partition coefficient (Wildman–Crippen LogP) is -0.768. The lowest BCUT2D eigenvalue weighted by Crippen LogP contribution is -2.07. The van der Waals surface area contributed by atoms with Crippen LogP contribution in [0.1, 0.15) is 0 Å². The molecule has 5 heteroatoms. The Hall–Kier alpha value is -0.133. The van der Waals surface area contributed by atoms with E-state index in [4.69, 9.17) is 0 Å². The fourth-order valence-electron chi connectivity index (χ4n) is 0.283. The van der Waals surface area contributed by atoms with E-state index in [2.05, 4.69) is 10.8 Å². The highest BCUT2D eigenvalue weighted by molar-refractivity contribution is 7.86. The van der Waals surface area contributed by atoms with Crippen LogP contribution in [0.3, 0.4) is 0 Å². The molecule has 0 unspecified atom stereocenters. The van der Waals surface area contributed by atoms with Gasteiger partial charge in [0.1, 0.15) is 0 Å². The van der Waals surface area contributed by atoms with Crippen LogP contribution >= 0.6 is 0 Å². The van der Waals surface area contributed by atoms with Gasteiger partial charge < -0.3 is 0 Å². The summed E-state index contributed by atoms with van der Waals surface area (Å²) in [5.74, 6) is 0. The lowest BCUT2D eigenvalue weighted by atomic mass is 11.3. The van der Waals surface area contributed by atoms with Crippen molar-refractivity contribution in [3.8, 4) is 0 Å². The zero-order valence-corrected chi connectivity index (χ0v) is 7.56. The summed E-state index contributed by atoms with van der Waals surface area (Å²) in [6.07, 6.45) is 1.38. The maximum Gasteiger partial charge on any atom is 0.264 e. The summed E-state index contributed by atoms with van der Waals surface area (Å²) in [5, 5.41) is 0. The molecular formula is C4H10O3SSi. The van der Waals surface area contributed by atoms with E-state index in [0.717, 1.165) is 6.26 Å². The van der Waals surface area contributed by atoms with Crippen LogP contribution in [0.2, 0.25) is 0 Å². The van der Waals surface area contributed by atoms with Gasteiger partial charge in [0.25, 0.3) is 10.1 Å². The molecule has 9 heavy (non-hydrogen) atoms. The second-order valence-corrected chi connectivity index (χ2v) is 4.81. The second kappa shape index (κ2) is 3.81. The van der Waals surface area contributed by atoms with Crippen LogP contribution in [-0.4, -0.2) is 30.4 Å². The summed E-state index contributed by atoms with van der Waals surface area (Å²) in [6.45, 7) is 3.47. The van der Waals surface area contributed by atoms with Gasteiger partial charge in [-0.1, -0.05) is 0 Å². The Labute approximate surface area is 57.7 Å². The van der Waals surface area contributed by atoms with Crippen LogP contribution in [0, 0.1) is 0 Å². The summed E-state index contributed by atoms with van der Waals surface area (Å²) in [7, 11) is -3.71. The van der Waals surface area contributed by atoms with E-state index >= 15 is 0 Å². The maximum atomic E-state index is 10.3. The van der Waals surface area contributed by atoms with Crippen LogP contribution in [0.4, 0.5) is 0 Å². The van der Waals surface area contributed by atoms with E-state index in [-0.39, 0.29) is 0 Å². The van der Waals surface area contributed by atoms with E-state index < -0.39 is 19.6 Å². The molecule has 0 fully saturated rings. The van der Waals surface area contributed by atoms with Gasteiger partial charge in [-0.2, -0.15) is 8.42 Å². The third-order valence-corrected chi connectivity index (χ3v) is 2.36. The molecular weight excluding hydrogens is 156 g/mol. The minimum absolute atomic E-state index is 0.336. The Bertz CT molecular complexity index is 172. The minimum atomic E-state index is -3.21. The topological polar surface area (TPSA) is 43.4 Å². The third-order valence-electron chi connectivity index (χ3n) is 0.619. The van der Waals surface area contributed by atoms with E-state index in [1.807, 2.05) is 0 Å². The monoisotopic (exact) mass is 166 g/mol. The van der Waals surface area contributed by atoms with Crippen LogP contribution in [0.25, 0.3) is 0 Å². The molecule has 0 spiro atoms. The standard InChI is InChI=1S/C4H10O3SSi/c1-3-9-4-7-8(2,5)6/h3H,1,4,9H2,2H3. The Morgan fingerprint density at radius 2 is 2.33 bits per heavy atom. The summed E-state index contributed by atoms with van der Waals surface area (Å²) < 4.78 is 25.0. The summed E-state index contributed by atoms with van der Waals surface area (Å²) in [4.78, 5) is 0. The summed E-state index contributed by atoms with van der Waals surface area (Å²) in [6, 6.07) is 0. The van der Waals surface area contributed by atoms with Crippen LogP contribution in [0.15, 0.2) is 12.3 Å². The van der Waals surface area contributed by atoms with Crippen LogP contribution in [-0.2, 0) is 14.3 Å². The lowest BCUT2D eigenvalue weighted by Gasteiger charge is -1.94. The highest BCUT2D eigenvalue weighted by Crippen LogP contribution is 1.83. The van der Waals surface area contributed by atoms with Gasteiger partial charge in [0.15, 0.2) is 0 Å². The summed E-state index contributed by atoms with van der Waals surface area (Å²) >= 11 is 0. The predicted molar refractivity (Wildman–Crippen MR) is 39.5 cm³/mol. The first-order chi connectivity index (χ1) is 4.06. The molecule has 0 aromatic rings. The Morgan fingerprint density at radius 3 is 2.67 bits per heavy atom. The van der Waals surface area contributed by atoms with E-state index in [1.165, 1.54) is 0 Å². The Morgan fingerprint density at radius 1 is 1.78 bits per heavy atom. The van der Waals surface area contributed by atoms with Gasteiger partial charge in [0.05, 0.1) is 22.0 Å². The van der Waals surface area contributed by atoms with Gasteiger partial charge in [-0.3, -0.25) is 4.18 Å². The van der Waals surface area contributed by atoms with Crippen molar-refractivity contribution in [2.75, 3.05) is 12.5 Å². The first-order valence-electron chi connectivity index (χ1n) is 2.51. The third kappa shape index (κ3) is 7.87. The molecule has 0 aromatic carbocycles. The highest BCUT2D eigenvalue weighted by Gasteiger charge is 1.97. The molecule has 54 valence electrons. The van der Waals surface area contributed by atoms with E-state index in [0.29, 0.717) is 6.23 Å². The molecule has 3 nitrogen and oxygen atoms in total. The normalized spacial score (nSPS) is 12.6. The molecule has 0 rings (SSSR count). The van der Waals surface area contributed by atoms with Crippen molar-refractivity contribution >= 4 is 19.6 Å². The molecule has 0 saturated carbocycles. The quantitative estimate of drug-likeness (QED) is 0.313. The molecule has 0 aliphatic heterocycles. The smallest absolute Gasteiger partial charge is 0.264 e. The molecule has 0 atom stereocenters. The number of hydrogen-bond donors (Lipinski definition) is 0. The fraction of sp³-hybridized carbons (Fsp3) is 0.500. The minimum Gasteiger partial charge on any atom is -0.274 e. The van der Waals surface area contributed by atoms with Gasteiger partial charge in [0.2, 0.25) is 0 Å². The van der Waals surface area contributed by atoms with Gasteiger partial charge in [-0.15, -0.1) is 12.3 Å². The number of rotatable bonds is 4. The van der Waals surface area contributed by atoms with Crippen molar-refractivity contribution in [3.05, 3.63) is 12.3 Å². The molecule has 0 aliphatic carbocycles. The molecule has 0 aliphatic rings. The first-order valence-corrected chi connectivity index (χ1v) is 6.15. The van der Waals surface area contributed by atoms with Gasteiger partial charge in [-0.05, 0) is 0 Å². The molecule has 0 radical (unpaired) electrons. The maximum absolute atomic E-state index is 10.3. The molecule has 0 heterocycles. The van der Waals surface area contributed by atoms with Crippen LogP contribution in [0.5, 0.6) is 0 Å². The lowest BCUT2D eigenvalue weighted by molar-refractivity contribution is 0.380. The zero-order chi connectivity index (χ0) is 7.33. The Balaban J connectivity index is 3.40. The Kier molecular flexibility index (Phi) is 3.75. The SMILES string of the molecule is C=C[SiH2]COS(C)(=O)=O. The largest absolute Gasteiger partial charge is 0.274 e. The van der Waals surface area contributed by atoms with Crippen molar-refractivity contribution in [2.24, 2.45) is 0 Å². The zero-order valence-electron chi connectivity index (χ0n) is 5.33. The second-order valence-electron chi connectivity index (χ2n) is 1.60. The molecule has 0 N–H and O–H groups in total. The van der Waals surface area contributed by atoms with E-state index in [1.54, 1.807) is 5.70 Å². The molecule has 0 bridgehead atoms. The van der Waals surface area contributed by atoms with Crippen molar-refractivity contribution < 1.29 is 12.6 Å². The number of hydrogen-bond acceptors (Lipinski definition) is 3. The van der Waals surface area contributed by atoms with Gasteiger partial charge in [0, 0.05) is 0 Å². The summed E-state index contributed by atoms with van der Waals surface area (Å²) in [5.41, 5.74) is 1.74. The van der Waals surface area contributed by atoms with Crippen molar-refractivity contribution in [2.45, 2.75) is 0 Å². The van der Waals surface area contributed by atoms with E-state index in [9.17, 15) is 8.42 Å². The molecule has 0 aromatic heterocycles. The van der Waals surface area contributed by atoms with Crippen LogP contribution < -0.4 is 0 Å². The van der Waals surface area contributed by atoms with Crippen molar-refractivity contribution in [3.63, 3.8) is 0 Å². The average Bonchev–Trinajstić information content (AvgIpc) is 1.63. The first kappa shape index (κ1) is 8.87. The highest BCUT2D eigenvalue weighted by atomic mass is 32.2. The van der Waals surface area contributed by atoms with Crippen molar-refractivity contribution in [1.82, 2.24) is 0 Å². The fourth-order valence-corrected chi connectivity index (χ4v) is 2.05. The van der Waals surface area contributed by atoms with Crippen molar-refractivity contribution in [1.29, 1.82) is 0 Å². The molecule has 0 saturated heterocycles.